The highest BCUT2D eigenvalue weighted by Crippen LogP contribution is 2.25. The van der Waals surface area contributed by atoms with Crippen LogP contribution < -0.4 is 5.56 Å². The van der Waals surface area contributed by atoms with Crippen LogP contribution in [0.5, 0.6) is 0 Å². The Hall–Kier alpha value is -1.46. The van der Waals surface area contributed by atoms with E-state index < -0.39 is 0 Å². The molecule has 5 heteroatoms. The van der Waals surface area contributed by atoms with E-state index in [1.165, 1.54) is 9.75 Å². The van der Waals surface area contributed by atoms with Crippen molar-refractivity contribution in [2.45, 2.75) is 20.4 Å². The van der Waals surface area contributed by atoms with Gasteiger partial charge in [-0.25, -0.2) is 4.98 Å². The smallest absolute Gasteiger partial charge is 0.262 e. The Labute approximate surface area is 112 Å². The molecular formula is C13H12N2OS2. The zero-order chi connectivity index (χ0) is 12.7. The van der Waals surface area contributed by atoms with Crippen molar-refractivity contribution in [3.63, 3.8) is 0 Å². The molecule has 0 saturated carbocycles. The fourth-order valence-corrected chi connectivity index (χ4v) is 3.64. The van der Waals surface area contributed by atoms with Gasteiger partial charge in [-0.3, -0.25) is 9.36 Å². The molecule has 0 atom stereocenters. The van der Waals surface area contributed by atoms with Gasteiger partial charge in [-0.2, -0.15) is 0 Å². The second kappa shape index (κ2) is 4.33. The number of rotatable bonds is 2. The number of fused-ring (bicyclic) bond motifs is 1. The van der Waals surface area contributed by atoms with Gasteiger partial charge in [-0.15, -0.1) is 22.7 Å². The zero-order valence-electron chi connectivity index (χ0n) is 10.1. The van der Waals surface area contributed by atoms with E-state index in [2.05, 4.69) is 4.98 Å². The fraction of sp³-hybridized carbons (Fsp3) is 0.231. The van der Waals surface area contributed by atoms with Crippen molar-refractivity contribution in [3.8, 4) is 0 Å². The molecule has 0 aliphatic heterocycles. The predicted octanol–water partition coefficient (Wildman–Crippen LogP) is 3.18. The maximum Gasteiger partial charge on any atom is 0.262 e. The quantitative estimate of drug-likeness (QED) is 0.720. The average Bonchev–Trinajstić information content (AvgIpc) is 2.93. The lowest BCUT2D eigenvalue weighted by Crippen LogP contribution is -2.20. The van der Waals surface area contributed by atoms with Gasteiger partial charge in [0.25, 0.3) is 5.56 Å². The highest BCUT2D eigenvalue weighted by molar-refractivity contribution is 7.18. The van der Waals surface area contributed by atoms with Gasteiger partial charge in [-0.05, 0) is 30.9 Å². The molecule has 3 aromatic rings. The summed E-state index contributed by atoms with van der Waals surface area (Å²) in [6.07, 6.45) is 1.65. The van der Waals surface area contributed by atoms with E-state index in [4.69, 9.17) is 0 Å². The molecule has 18 heavy (non-hydrogen) atoms. The highest BCUT2D eigenvalue weighted by atomic mass is 32.1. The van der Waals surface area contributed by atoms with Gasteiger partial charge in [0.1, 0.15) is 4.83 Å². The molecule has 0 bridgehead atoms. The van der Waals surface area contributed by atoms with Crippen molar-refractivity contribution in [2.24, 2.45) is 0 Å². The number of nitrogens with zero attached hydrogens (tertiary/aromatic N) is 2. The van der Waals surface area contributed by atoms with Gasteiger partial charge in [0.15, 0.2) is 0 Å². The second-order valence-electron chi connectivity index (χ2n) is 4.22. The number of hydrogen-bond acceptors (Lipinski definition) is 4. The fourth-order valence-electron chi connectivity index (χ4n) is 1.95. The monoisotopic (exact) mass is 276 g/mol. The van der Waals surface area contributed by atoms with Crippen molar-refractivity contribution < 1.29 is 0 Å². The highest BCUT2D eigenvalue weighted by Gasteiger charge is 2.12. The van der Waals surface area contributed by atoms with Crippen LogP contribution in [0.25, 0.3) is 10.2 Å². The molecule has 0 aliphatic carbocycles. The lowest BCUT2D eigenvalue weighted by molar-refractivity contribution is 0.759. The second-order valence-corrected chi connectivity index (χ2v) is 6.46. The molecular weight excluding hydrogens is 264 g/mol. The molecule has 3 rings (SSSR count). The molecule has 0 amide bonds. The van der Waals surface area contributed by atoms with Crippen molar-refractivity contribution in [3.05, 3.63) is 49.5 Å². The topological polar surface area (TPSA) is 34.9 Å². The van der Waals surface area contributed by atoms with Crippen molar-refractivity contribution >= 4 is 32.9 Å². The van der Waals surface area contributed by atoms with Crippen molar-refractivity contribution in [1.82, 2.24) is 9.55 Å². The van der Waals surface area contributed by atoms with Crippen LogP contribution >= 0.6 is 22.7 Å². The van der Waals surface area contributed by atoms with Gasteiger partial charge < -0.3 is 0 Å². The first-order chi connectivity index (χ1) is 8.66. The molecule has 0 fully saturated rings. The van der Waals surface area contributed by atoms with Crippen LogP contribution in [-0.2, 0) is 6.54 Å². The predicted molar refractivity (Wildman–Crippen MR) is 76.8 cm³/mol. The molecule has 3 aromatic heterocycles. The maximum atomic E-state index is 12.4. The summed E-state index contributed by atoms with van der Waals surface area (Å²) >= 11 is 3.24. The van der Waals surface area contributed by atoms with E-state index in [-0.39, 0.29) is 5.56 Å². The Morgan fingerprint density at radius 3 is 2.94 bits per heavy atom. The maximum absolute atomic E-state index is 12.4. The van der Waals surface area contributed by atoms with Gasteiger partial charge >= 0.3 is 0 Å². The van der Waals surface area contributed by atoms with Gasteiger partial charge in [0.05, 0.1) is 18.3 Å². The molecule has 0 N–H and O–H groups in total. The van der Waals surface area contributed by atoms with E-state index in [0.717, 1.165) is 15.8 Å². The average molecular weight is 276 g/mol. The number of aryl methyl sites for hydroxylation is 2. The third-order valence-electron chi connectivity index (χ3n) is 3.06. The summed E-state index contributed by atoms with van der Waals surface area (Å²) in [6, 6.07) is 4.03. The number of aromatic nitrogens is 2. The molecule has 3 nitrogen and oxygen atoms in total. The molecule has 3 heterocycles. The molecule has 0 radical (unpaired) electrons. The minimum absolute atomic E-state index is 0.0650. The van der Waals surface area contributed by atoms with E-state index in [9.17, 15) is 4.79 Å². The van der Waals surface area contributed by atoms with Crippen LogP contribution in [0.15, 0.2) is 28.6 Å². The minimum atomic E-state index is 0.0650. The summed E-state index contributed by atoms with van der Waals surface area (Å²) in [5.74, 6) is 0. The summed E-state index contributed by atoms with van der Waals surface area (Å²) < 4.78 is 1.69. The van der Waals surface area contributed by atoms with Crippen LogP contribution in [0.2, 0.25) is 0 Å². The summed E-state index contributed by atoms with van der Waals surface area (Å²) in [5, 5.41) is 2.79. The zero-order valence-corrected chi connectivity index (χ0v) is 11.8. The van der Waals surface area contributed by atoms with E-state index in [1.807, 2.05) is 31.4 Å². The van der Waals surface area contributed by atoms with Crippen molar-refractivity contribution in [2.75, 3.05) is 0 Å². The normalized spacial score (nSPS) is 11.2. The molecule has 92 valence electrons. The largest absolute Gasteiger partial charge is 0.293 e. The third-order valence-corrected chi connectivity index (χ3v) is 5.04. The molecule has 0 unspecified atom stereocenters. The van der Waals surface area contributed by atoms with Crippen molar-refractivity contribution in [1.29, 1.82) is 0 Å². The Morgan fingerprint density at radius 1 is 1.39 bits per heavy atom. The Morgan fingerprint density at radius 2 is 2.22 bits per heavy atom. The van der Waals surface area contributed by atoms with Crippen LogP contribution in [-0.4, -0.2) is 9.55 Å². The lowest BCUT2D eigenvalue weighted by atomic mass is 10.2. The third kappa shape index (κ3) is 1.79. The SMILES string of the molecule is Cc1sc2ncn(Cc3cccs3)c(=O)c2c1C. The molecule has 0 spiro atoms. The first-order valence-corrected chi connectivity index (χ1v) is 7.34. The van der Waals surface area contributed by atoms with Crippen LogP contribution in [0.1, 0.15) is 15.3 Å². The Balaban J connectivity index is 2.17. The van der Waals surface area contributed by atoms with Crippen LogP contribution in [0, 0.1) is 13.8 Å². The van der Waals surface area contributed by atoms with Crippen LogP contribution in [0.4, 0.5) is 0 Å². The Kier molecular flexibility index (Phi) is 2.80. The molecule has 0 aliphatic rings. The van der Waals surface area contributed by atoms with Gasteiger partial charge in [0.2, 0.25) is 0 Å². The summed E-state index contributed by atoms with van der Waals surface area (Å²) in [5.41, 5.74) is 1.13. The van der Waals surface area contributed by atoms with E-state index >= 15 is 0 Å². The first kappa shape index (κ1) is 11.6. The Bertz CT molecular complexity index is 753. The minimum Gasteiger partial charge on any atom is -0.293 e. The van der Waals surface area contributed by atoms with E-state index in [0.29, 0.717) is 6.54 Å². The van der Waals surface area contributed by atoms with Crippen LogP contribution in [0.3, 0.4) is 0 Å². The summed E-state index contributed by atoms with van der Waals surface area (Å²) in [6.45, 7) is 4.63. The van der Waals surface area contributed by atoms with Gasteiger partial charge in [0, 0.05) is 9.75 Å². The lowest BCUT2D eigenvalue weighted by Gasteiger charge is -2.03. The van der Waals surface area contributed by atoms with E-state index in [1.54, 1.807) is 33.6 Å². The molecule has 0 saturated heterocycles. The van der Waals surface area contributed by atoms with Gasteiger partial charge in [-0.1, -0.05) is 6.07 Å². The first-order valence-electron chi connectivity index (χ1n) is 5.64. The number of hydrogen-bond donors (Lipinski definition) is 0. The molecule has 0 aromatic carbocycles. The summed E-state index contributed by atoms with van der Waals surface area (Å²) in [4.78, 5) is 20.0. The number of thiophene rings is 2. The standard InChI is InChI=1S/C13H12N2OS2/c1-8-9(2)18-12-11(8)13(16)15(7-14-12)6-10-4-3-5-17-10/h3-5,7H,6H2,1-2H3. The summed E-state index contributed by atoms with van der Waals surface area (Å²) in [7, 11) is 0.